The predicted octanol–water partition coefficient (Wildman–Crippen LogP) is 3.22. The molecule has 1 aromatic heterocycles. The molecule has 1 aliphatic heterocycles. The number of sulfonamides is 1. The Hall–Kier alpha value is -1.94. The molecule has 2 aromatic rings. The fourth-order valence-corrected chi connectivity index (χ4v) is 4.45. The largest absolute Gasteiger partial charge is 0.470 e. The van der Waals surface area contributed by atoms with Crippen LogP contribution >= 0.6 is 0 Å². The lowest BCUT2D eigenvalue weighted by Crippen LogP contribution is -2.39. The molecule has 0 spiro atoms. The lowest BCUT2D eigenvalue weighted by atomic mass is 10.00. The highest BCUT2D eigenvalue weighted by Gasteiger charge is 2.40. The maximum Gasteiger partial charge on any atom is 0.470 e. The monoisotopic (exact) mass is 389 g/mol. The van der Waals surface area contributed by atoms with Gasteiger partial charge in [-0.05, 0) is 37.0 Å². The van der Waals surface area contributed by atoms with Crippen molar-refractivity contribution >= 4 is 10.0 Å². The predicted molar refractivity (Wildman–Crippen MR) is 85.9 cm³/mol. The van der Waals surface area contributed by atoms with E-state index in [1.165, 1.54) is 4.31 Å². The van der Waals surface area contributed by atoms with E-state index in [2.05, 4.69) is 10.2 Å². The van der Waals surface area contributed by atoms with E-state index < -0.39 is 28.0 Å². The molecule has 1 aliphatic rings. The molecule has 0 radical (unpaired) electrons. The van der Waals surface area contributed by atoms with Gasteiger partial charge in [0, 0.05) is 13.1 Å². The van der Waals surface area contributed by atoms with Crippen molar-refractivity contribution in [3.05, 3.63) is 41.6 Å². The molecule has 10 heteroatoms. The summed E-state index contributed by atoms with van der Waals surface area (Å²) >= 11 is 0. The number of aryl methyl sites for hydroxylation is 1. The number of piperidine rings is 1. The van der Waals surface area contributed by atoms with Crippen LogP contribution in [0, 0.1) is 0 Å². The van der Waals surface area contributed by atoms with Gasteiger partial charge in [0.15, 0.2) is 0 Å². The van der Waals surface area contributed by atoms with E-state index in [9.17, 15) is 21.6 Å². The summed E-state index contributed by atoms with van der Waals surface area (Å²) in [4.78, 5) is 0.164. The van der Waals surface area contributed by atoms with Crippen molar-refractivity contribution in [2.75, 3.05) is 13.1 Å². The van der Waals surface area contributed by atoms with Gasteiger partial charge in [0.05, 0.1) is 10.8 Å². The second kappa shape index (κ2) is 6.99. The number of hydrogen-bond acceptors (Lipinski definition) is 5. The van der Waals surface area contributed by atoms with Crippen LogP contribution in [0.5, 0.6) is 0 Å². The van der Waals surface area contributed by atoms with Gasteiger partial charge >= 0.3 is 12.1 Å². The molecular formula is C16H18F3N3O3S. The maximum absolute atomic E-state index is 12.8. The van der Waals surface area contributed by atoms with Gasteiger partial charge in [-0.1, -0.05) is 19.1 Å². The van der Waals surface area contributed by atoms with Crippen molar-refractivity contribution in [1.82, 2.24) is 14.5 Å². The molecule has 26 heavy (non-hydrogen) atoms. The number of nitrogens with zero attached hydrogens (tertiary/aromatic N) is 3. The van der Waals surface area contributed by atoms with Crippen LogP contribution in [0.4, 0.5) is 13.2 Å². The fraction of sp³-hybridized carbons (Fsp3) is 0.500. The van der Waals surface area contributed by atoms with Gasteiger partial charge in [-0.3, -0.25) is 0 Å². The fourth-order valence-electron chi connectivity index (χ4n) is 2.92. The molecule has 2 heterocycles. The van der Waals surface area contributed by atoms with E-state index in [1.807, 2.05) is 6.92 Å². The van der Waals surface area contributed by atoms with Crippen LogP contribution in [-0.4, -0.2) is 36.0 Å². The Labute approximate surface area is 149 Å². The Morgan fingerprint density at radius 3 is 2.50 bits per heavy atom. The van der Waals surface area contributed by atoms with Gasteiger partial charge < -0.3 is 4.42 Å². The lowest BCUT2D eigenvalue weighted by Gasteiger charge is -2.30. The van der Waals surface area contributed by atoms with Crippen LogP contribution in [0.1, 0.15) is 43.0 Å². The highest BCUT2D eigenvalue weighted by Crippen LogP contribution is 2.33. The molecule has 0 bridgehead atoms. The van der Waals surface area contributed by atoms with Crippen LogP contribution in [-0.2, 0) is 22.6 Å². The zero-order valence-corrected chi connectivity index (χ0v) is 14.8. The lowest BCUT2D eigenvalue weighted by molar-refractivity contribution is -0.157. The summed E-state index contributed by atoms with van der Waals surface area (Å²) in [6.45, 7) is 2.28. The number of hydrogen-bond donors (Lipinski definition) is 0. The highest BCUT2D eigenvalue weighted by atomic mass is 32.2. The summed E-state index contributed by atoms with van der Waals surface area (Å²) in [5, 5.41) is 6.48. The Morgan fingerprint density at radius 1 is 1.23 bits per heavy atom. The molecule has 6 nitrogen and oxygen atoms in total. The van der Waals surface area contributed by atoms with Crippen molar-refractivity contribution < 1.29 is 26.0 Å². The van der Waals surface area contributed by atoms with Crippen LogP contribution in [0.3, 0.4) is 0 Å². The van der Waals surface area contributed by atoms with Gasteiger partial charge in [0.2, 0.25) is 15.9 Å². The van der Waals surface area contributed by atoms with Crippen LogP contribution < -0.4 is 0 Å². The Balaban J connectivity index is 1.80. The quantitative estimate of drug-likeness (QED) is 0.803. The zero-order valence-electron chi connectivity index (χ0n) is 14.0. The smallest absolute Gasteiger partial charge is 0.417 e. The third-order valence-electron chi connectivity index (χ3n) is 4.39. The minimum Gasteiger partial charge on any atom is -0.417 e. The van der Waals surface area contributed by atoms with Crippen molar-refractivity contribution in [3.8, 4) is 0 Å². The summed E-state index contributed by atoms with van der Waals surface area (Å²) in [7, 11) is -3.73. The average molecular weight is 389 g/mol. The normalized spacial score (nSPS) is 19.6. The van der Waals surface area contributed by atoms with Gasteiger partial charge in [0.25, 0.3) is 0 Å². The first-order valence-electron chi connectivity index (χ1n) is 8.21. The SMILES string of the molecule is CCc1ccc(S(=O)(=O)N2CCCC(c3nnc(C(F)(F)F)o3)C2)cc1. The molecule has 0 saturated carbocycles. The number of benzene rings is 1. The number of rotatable bonds is 4. The van der Waals surface area contributed by atoms with Crippen LogP contribution in [0.25, 0.3) is 0 Å². The third-order valence-corrected chi connectivity index (χ3v) is 6.27. The minimum absolute atomic E-state index is 0.0113. The Bertz CT molecular complexity index is 863. The first-order valence-corrected chi connectivity index (χ1v) is 9.65. The molecule has 1 saturated heterocycles. The first-order chi connectivity index (χ1) is 12.2. The maximum atomic E-state index is 12.8. The number of alkyl halides is 3. The summed E-state index contributed by atoms with van der Waals surface area (Å²) in [6.07, 6.45) is -2.93. The first kappa shape index (κ1) is 18.8. The van der Waals surface area contributed by atoms with Crippen molar-refractivity contribution in [2.24, 2.45) is 0 Å². The van der Waals surface area contributed by atoms with Crippen LogP contribution in [0.2, 0.25) is 0 Å². The van der Waals surface area contributed by atoms with Gasteiger partial charge in [-0.25, -0.2) is 8.42 Å². The molecule has 3 rings (SSSR count). The van der Waals surface area contributed by atoms with E-state index in [0.29, 0.717) is 19.4 Å². The van der Waals surface area contributed by atoms with Crippen molar-refractivity contribution in [1.29, 1.82) is 0 Å². The molecular weight excluding hydrogens is 371 g/mol. The summed E-state index contributed by atoms with van der Waals surface area (Å²) < 4.78 is 69.4. The topological polar surface area (TPSA) is 76.3 Å². The van der Waals surface area contributed by atoms with Gasteiger partial charge in [-0.15, -0.1) is 10.2 Å². The third kappa shape index (κ3) is 3.75. The molecule has 0 aliphatic carbocycles. The van der Waals surface area contributed by atoms with Gasteiger partial charge in [0.1, 0.15) is 0 Å². The second-order valence-corrected chi connectivity index (χ2v) is 8.08. The number of halogens is 3. The van der Waals surface area contributed by atoms with E-state index in [0.717, 1.165) is 12.0 Å². The summed E-state index contributed by atoms with van der Waals surface area (Å²) in [6, 6.07) is 6.60. The highest BCUT2D eigenvalue weighted by molar-refractivity contribution is 7.89. The van der Waals surface area contributed by atoms with Crippen molar-refractivity contribution in [3.63, 3.8) is 0 Å². The summed E-state index contributed by atoms with van der Waals surface area (Å²) in [5.41, 5.74) is 1.02. The van der Waals surface area contributed by atoms with E-state index in [-0.39, 0.29) is 17.3 Å². The van der Waals surface area contributed by atoms with E-state index in [1.54, 1.807) is 24.3 Å². The molecule has 0 amide bonds. The van der Waals surface area contributed by atoms with E-state index >= 15 is 0 Å². The zero-order chi connectivity index (χ0) is 18.9. The molecule has 1 fully saturated rings. The molecule has 1 atom stereocenters. The van der Waals surface area contributed by atoms with Gasteiger partial charge in [-0.2, -0.15) is 17.5 Å². The number of aromatic nitrogens is 2. The Kier molecular flexibility index (Phi) is 5.07. The Morgan fingerprint density at radius 2 is 1.92 bits per heavy atom. The standard InChI is InChI=1S/C16H18F3N3O3S/c1-2-11-5-7-13(8-6-11)26(23,24)22-9-3-4-12(10-22)14-20-21-15(25-14)16(17,18)19/h5-8,12H,2-4,9-10H2,1H3. The molecule has 142 valence electrons. The molecule has 1 unspecified atom stereocenters. The molecule has 0 N–H and O–H groups in total. The average Bonchev–Trinajstić information content (AvgIpc) is 3.12. The van der Waals surface area contributed by atoms with E-state index in [4.69, 9.17) is 4.42 Å². The summed E-state index contributed by atoms with van der Waals surface area (Å²) in [5.74, 6) is -2.15. The van der Waals surface area contributed by atoms with Crippen LogP contribution in [0.15, 0.2) is 33.6 Å². The molecule has 1 aromatic carbocycles. The van der Waals surface area contributed by atoms with Crippen molar-refractivity contribution in [2.45, 2.75) is 43.2 Å². The minimum atomic E-state index is -4.72. The second-order valence-electron chi connectivity index (χ2n) is 6.14.